The maximum absolute atomic E-state index is 12.9. The summed E-state index contributed by atoms with van der Waals surface area (Å²) in [5, 5.41) is 6.25. The number of thiazole rings is 1. The van der Waals surface area contributed by atoms with Crippen LogP contribution in [0.1, 0.15) is 27.9 Å². The number of carbonyl (C=O) groups is 2. The number of benzene rings is 2. The zero-order valence-corrected chi connectivity index (χ0v) is 15.7. The van der Waals surface area contributed by atoms with Crippen LogP contribution in [0.5, 0.6) is 0 Å². The average Bonchev–Trinajstić information content (AvgIpc) is 3.03. The molecule has 0 spiro atoms. The van der Waals surface area contributed by atoms with Crippen molar-refractivity contribution in [3.63, 3.8) is 0 Å². The summed E-state index contributed by atoms with van der Waals surface area (Å²) in [6, 6.07) is 13.3. The summed E-state index contributed by atoms with van der Waals surface area (Å²) < 4.78 is 12.9. The van der Waals surface area contributed by atoms with Gasteiger partial charge in [0, 0.05) is 29.6 Å². The van der Waals surface area contributed by atoms with Gasteiger partial charge in [-0.1, -0.05) is 12.1 Å². The first-order valence-corrected chi connectivity index (χ1v) is 9.12. The topological polar surface area (TPSA) is 71.1 Å². The summed E-state index contributed by atoms with van der Waals surface area (Å²) >= 11 is 1.43. The van der Waals surface area contributed by atoms with Gasteiger partial charge in [0.2, 0.25) is 5.91 Å². The number of hydrogen-bond donors (Lipinski definition) is 2. The Morgan fingerprint density at radius 1 is 1.07 bits per heavy atom. The molecular formula is C20H18FN3O2S. The fraction of sp³-hybridized carbons (Fsp3) is 0.150. The number of aromatic nitrogens is 1. The molecule has 3 aromatic rings. The molecule has 2 N–H and O–H groups in total. The molecule has 0 aliphatic heterocycles. The lowest BCUT2D eigenvalue weighted by atomic mass is 10.2. The lowest BCUT2D eigenvalue weighted by Crippen LogP contribution is -2.23. The van der Waals surface area contributed by atoms with Crippen molar-refractivity contribution in [3.8, 4) is 10.6 Å². The number of carbonyl (C=O) groups excluding carboxylic acids is 2. The zero-order valence-electron chi connectivity index (χ0n) is 14.9. The molecule has 0 aliphatic rings. The Hall–Kier alpha value is -3.06. The van der Waals surface area contributed by atoms with Crippen LogP contribution in [-0.2, 0) is 11.3 Å². The number of nitrogens with zero attached hydrogens (tertiary/aromatic N) is 1. The Labute approximate surface area is 160 Å². The van der Waals surface area contributed by atoms with Gasteiger partial charge in [0.25, 0.3) is 5.91 Å². The molecule has 2 aromatic carbocycles. The largest absolute Gasteiger partial charge is 0.347 e. The van der Waals surface area contributed by atoms with E-state index in [0.717, 1.165) is 21.0 Å². The molecule has 0 aliphatic carbocycles. The molecule has 138 valence electrons. The molecule has 0 fully saturated rings. The molecule has 5 nitrogen and oxygen atoms in total. The van der Waals surface area contributed by atoms with E-state index in [4.69, 9.17) is 0 Å². The molecule has 1 heterocycles. The minimum absolute atomic E-state index is 0.132. The number of nitrogens with one attached hydrogen (secondary N) is 2. The highest BCUT2D eigenvalue weighted by atomic mass is 32.1. The molecule has 0 saturated carbocycles. The average molecular weight is 383 g/mol. The Bertz CT molecular complexity index is 966. The number of hydrogen-bond acceptors (Lipinski definition) is 4. The molecule has 7 heteroatoms. The summed E-state index contributed by atoms with van der Waals surface area (Å²) in [5.41, 5.74) is 2.76. The molecule has 0 atom stereocenters. The quantitative estimate of drug-likeness (QED) is 0.695. The SMILES string of the molecule is CC(=O)Nc1ccc(-c2nc(C(=O)NCc3ccc(F)cc3)c(C)s2)cc1. The van der Waals surface area contributed by atoms with Crippen molar-refractivity contribution >= 4 is 28.8 Å². The summed E-state index contributed by atoms with van der Waals surface area (Å²) in [5.74, 6) is -0.711. The van der Waals surface area contributed by atoms with E-state index in [2.05, 4.69) is 15.6 Å². The third-order valence-corrected chi connectivity index (χ3v) is 4.85. The Morgan fingerprint density at radius 3 is 2.37 bits per heavy atom. The van der Waals surface area contributed by atoms with Crippen LogP contribution in [0.4, 0.5) is 10.1 Å². The standard InChI is InChI=1S/C20H18FN3O2S/c1-12-18(19(26)22-11-14-3-7-16(21)8-4-14)24-20(27-12)15-5-9-17(10-6-15)23-13(2)25/h3-10H,11H2,1-2H3,(H,22,26)(H,23,25). The van der Waals surface area contributed by atoms with E-state index in [9.17, 15) is 14.0 Å². The van der Waals surface area contributed by atoms with E-state index in [1.807, 2.05) is 19.1 Å². The first kappa shape index (κ1) is 18.7. The fourth-order valence-corrected chi connectivity index (χ4v) is 3.41. The maximum Gasteiger partial charge on any atom is 0.271 e. The third-order valence-electron chi connectivity index (χ3n) is 3.83. The van der Waals surface area contributed by atoms with E-state index in [-0.39, 0.29) is 17.6 Å². The summed E-state index contributed by atoms with van der Waals surface area (Å²) in [6.45, 7) is 3.60. The molecule has 3 rings (SSSR count). The van der Waals surface area contributed by atoms with Gasteiger partial charge in [0.05, 0.1) is 0 Å². The first-order chi connectivity index (χ1) is 12.9. The van der Waals surface area contributed by atoms with Crippen LogP contribution in [0, 0.1) is 12.7 Å². The molecule has 0 unspecified atom stereocenters. The van der Waals surface area contributed by atoms with Crippen LogP contribution >= 0.6 is 11.3 Å². The van der Waals surface area contributed by atoms with Crippen molar-refractivity contribution < 1.29 is 14.0 Å². The van der Waals surface area contributed by atoms with Gasteiger partial charge < -0.3 is 10.6 Å². The van der Waals surface area contributed by atoms with E-state index < -0.39 is 0 Å². The fourth-order valence-electron chi connectivity index (χ4n) is 2.50. The Morgan fingerprint density at radius 2 is 1.74 bits per heavy atom. The number of rotatable bonds is 5. The van der Waals surface area contributed by atoms with Crippen LogP contribution in [0.3, 0.4) is 0 Å². The molecule has 2 amide bonds. The molecule has 27 heavy (non-hydrogen) atoms. The number of anilines is 1. The van der Waals surface area contributed by atoms with Gasteiger partial charge in [-0.3, -0.25) is 9.59 Å². The third kappa shape index (κ3) is 4.77. The summed E-state index contributed by atoms with van der Waals surface area (Å²) in [6.07, 6.45) is 0. The number of halogens is 1. The van der Waals surface area contributed by atoms with Crippen LogP contribution in [-0.4, -0.2) is 16.8 Å². The summed E-state index contributed by atoms with van der Waals surface area (Å²) in [4.78, 5) is 28.8. The van der Waals surface area contributed by atoms with E-state index >= 15 is 0 Å². The molecule has 1 aromatic heterocycles. The maximum atomic E-state index is 12.9. The van der Waals surface area contributed by atoms with Crippen LogP contribution in [0.25, 0.3) is 10.6 Å². The van der Waals surface area contributed by atoms with E-state index in [1.165, 1.54) is 30.4 Å². The van der Waals surface area contributed by atoms with Crippen LogP contribution in [0.15, 0.2) is 48.5 Å². The van der Waals surface area contributed by atoms with Crippen molar-refractivity contribution in [1.29, 1.82) is 0 Å². The van der Waals surface area contributed by atoms with Gasteiger partial charge in [0.1, 0.15) is 16.5 Å². The van der Waals surface area contributed by atoms with Crippen molar-refractivity contribution in [1.82, 2.24) is 10.3 Å². The first-order valence-electron chi connectivity index (χ1n) is 8.30. The highest BCUT2D eigenvalue weighted by Crippen LogP contribution is 2.28. The Balaban J connectivity index is 1.70. The number of amides is 2. The van der Waals surface area contributed by atoms with Crippen LogP contribution < -0.4 is 10.6 Å². The zero-order chi connectivity index (χ0) is 19.4. The highest BCUT2D eigenvalue weighted by molar-refractivity contribution is 7.15. The second kappa shape index (κ2) is 8.09. The van der Waals surface area contributed by atoms with Crippen molar-refractivity contribution in [2.75, 3.05) is 5.32 Å². The lowest BCUT2D eigenvalue weighted by molar-refractivity contribution is -0.114. The number of aryl methyl sites for hydroxylation is 1. The molecule has 0 bridgehead atoms. The second-order valence-electron chi connectivity index (χ2n) is 5.99. The van der Waals surface area contributed by atoms with Crippen molar-refractivity contribution in [2.45, 2.75) is 20.4 Å². The van der Waals surface area contributed by atoms with Crippen molar-refractivity contribution in [3.05, 3.63) is 70.5 Å². The van der Waals surface area contributed by atoms with Gasteiger partial charge in [-0.15, -0.1) is 11.3 Å². The monoisotopic (exact) mass is 383 g/mol. The van der Waals surface area contributed by atoms with Gasteiger partial charge >= 0.3 is 0 Å². The van der Waals surface area contributed by atoms with Crippen molar-refractivity contribution in [2.24, 2.45) is 0 Å². The smallest absolute Gasteiger partial charge is 0.271 e. The predicted octanol–water partition coefficient (Wildman–Crippen LogP) is 4.15. The molecular weight excluding hydrogens is 365 g/mol. The van der Waals surface area contributed by atoms with E-state index in [1.54, 1.807) is 24.3 Å². The minimum Gasteiger partial charge on any atom is -0.347 e. The van der Waals surface area contributed by atoms with Gasteiger partial charge in [-0.05, 0) is 48.9 Å². The highest BCUT2D eigenvalue weighted by Gasteiger charge is 2.16. The second-order valence-corrected chi connectivity index (χ2v) is 7.19. The van der Waals surface area contributed by atoms with Gasteiger partial charge in [-0.25, -0.2) is 9.37 Å². The van der Waals surface area contributed by atoms with Gasteiger partial charge in [0.15, 0.2) is 0 Å². The minimum atomic E-state index is -0.311. The predicted molar refractivity (Wildman–Crippen MR) is 104 cm³/mol. The Kier molecular flexibility index (Phi) is 5.61. The van der Waals surface area contributed by atoms with Crippen LogP contribution in [0.2, 0.25) is 0 Å². The van der Waals surface area contributed by atoms with E-state index in [0.29, 0.717) is 17.9 Å². The molecule has 0 radical (unpaired) electrons. The summed E-state index contributed by atoms with van der Waals surface area (Å²) in [7, 11) is 0. The van der Waals surface area contributed by atoms with Gasteiger partial charge in [-0.2, -0.15) is 0 Å². The normalized spacial score (nSPS) is 10.5. The lowest BCUT2D eigenvalue weighted by Gasteiger charge is -2.04. The molecule has 0 saturated heterocycles.